The van der Waals surface area contributed by atoms with Crippen LogP contribution < -0.4 is 14.9 Å². The van der Waals surface area contributed by atoms with E-state index in [1.54, 1.807) is 55.5 Å². The lowest BCUT2D eigenvalue weighted by molar-refractivity contribution is -0.117. The fourth-order valence-electron chi connectivity index (χ4n) is 3.12. The van der Waals surface area contributed by atoms with E-state index in [-0.39, 0.29) is 17.9 Å². The first-order valence-electron chi connectivity index (χ1n) is 9.92. The summed E-state index contributed by atoms with van der Waals surface area (Å²) in [6.07, 6.45) is 1.31. The Morgan fingerprint density at radius 3 is 2.32 bits per heavy atom. The number of benzene rings is 2. The Kier molecular flexibility index (Phi) is 8.58. The van der Waals surface area contributed by atoms with Crippen molar-refractivity contribution in [1.29, 1.82) is 0 Å². The molecule has 8 nitrogen and oxygen atoms in total. The number of nitrogens with zero attached hydrogens (tertiary/aromatic N) is 1. The molecule has 1 atom stereocenters. The van der Waals surface area contributed by atoms with E-state index in [0.29, 0.717) is 24.5 Å². The van der Waals surface area contributed by atoms with Gasteiger partial charge in [0, 0.05) is 13.7 Å². The highest BCUT2D eigenvalue weighted by atomic mass is 32.2. The highest BCUT2D eigenvalue weighted by Gasteiger charge is 2.32. The van der Waals surface area contributed by atoms with Gasteiger partial charge in [0.15, 0.2) is 0 Å². The van der Waals surface area contributed by atoms with Crippen LogP contribution in [0.25, 0.3) is 0 Å². The lowest BCUT2D eigenvalue weighted by atomic mass is 10.1. The predicted molar refractivity (Wildman–Crippen MR) is 122 cm³/mol. The van der Waals surface area contributed by atoms with Crippen molar-refractivity contribution in [1.82, 2.24) is 5.32 Å². The van der Waals surface area contributed by atoms with E-state index < -0.39 is 22.0 Å². The maximum atomic E-state index is 13.1. The van der Waals surface area contributed by atoms with Crippen LogP contribution in [0, 0.1) is 6.92 Å². The number of carbonyl (C=O) groups is 2. The van der Waals surface area contributed by atoms with Crippen molar-refractivity contribution in [2.45, 2.75) is 26.3 Å². The number of hydrogen-bond acceptors (Lipinski definition) is 5. The van der Waals surface area contributed by atoms with Crippen LogP contribution in [0.3, 0.4) is 0 Å². The molecule has 0 aliphatic heterocycles. The molecular formula is C22H29N3O5S. The minimum Gasteiger partial charge on any atom is -0.383 e. The second-order valence-corrected chi connectivity index (χ2v) is 8.96. The topological polar surface area (TPSA) is 105 Å². The van der Waals surface area contributed by atoms with Gasteiger partial charge in [-0.1, -0.05) is 36.8 Å². The van der Waals surface area contributed by atoms with Crippen LogP contribution in [0.1, 0.15) is 29.3 Å². The van der Waals surface area contributed by atoms with E-state index in [1.807, 2.05) is 6.92 Å². The molecule has 0 aromatic heterocycles. The van der Waals surface area contributed by atoms with E-state index in [1.165, 1.54) is 7.11 Å². The fourth-order valence-corrected chi connectivity index (χ4v) is 4.33. The van der Waals surface area contributed by atoms with E-state index in [0.717, 1.165) is 16.1 Å². The second-order valence-electron chi connectivity index (χ2n) is 7.10. The fraction of sp³-hybridized carbons (Fsp3) is 0.364. The minimum absolute atomic E-state index is 0.245. The molecule has 0 unspecified atom stereocenters. The molecule has 0 saturated carbocycles. The standard InChI is InChI=1S/C22H29N3O5S/c1-5-20(25(31(4,28)29)17-12-10-16(2)11-13-17)22(27)24-19-9-7-6-8-18(19)21(26)23-14-15-30-3/h6-13,20H,5,14-15H2,1-4H3,(H,23,26)(H,24,27)/t20-/m0/s1. The van der Waals surface area contributed by atoms with Gasteiger partial charge in [0.2, 0.25) is 15.9 Å². The zero-order valence-corrected chi connectivity index (χ0v) is 19.0. The number of ether oxygens (including phenoxy) is 1. The van der Waals surface area contributed by atoms with Gasteiger partial charge in [0.25, 0.3) is 5.91 Å². The number of methoxy groups -OCH3 is 1. The molecule has 0 fully saturated rings. The van der Waals surface area contributed by atoms with Gasteiger partial charge in [-0.2, -0.15) is 0 Å². The summed E-state index contributed by atoms with van der Waals surface area (Å²) in [5.74, 6) is -0.884. The van der Waals surface area contributed by atoms with Crippen molar-refractivity contribution in [3.05, 3.63) is 59.7 Å². The zero-order valence-electron chi connectivity index (χ0n) is 18.2. The average molecular weight is 448 g/mol. The maximum Gasteiger partial charge on any atom is 0.253 e. The van der Waals surface area contributed by atoms with Crippen LogP contribution in [0.4, 0.5) is 11.4 Å². The predicted octanol–water partition coefficient (Wildman–Crippen LogP) is 2.55. The molecule has 0 heterocycles. The van der Waals surface area contributed by atoms with Gasteiger partial charge in [-0.05, 0) is 37.6 Å². The van der Waals surface area contributed by atoms with Crippen LogP contribution >= 0.6 is 0 Å². The number of nitrogens with one attached hydrogen (secondary N) is 2. The second kappa shape index (κ2) is 10.9. The molecule has 2 aromatic carbocycles. The number of rotatable bonds is 10. The lowest BCUT2D eigenvalue weighted by Crippen LogP contribution is -2.47. The monoisotopic (exact) mass is 447 g/mol. The molecule has 2 rings (SSSR count). The first-order chi connectivity index (χ1) is 14.7. The SMILES string of the molecule is CC[C@@H](C(=O)Nc1ccccc1C(=O)NCCOC)N(c1ccc(C)cc1)S(C)(=O)=O. The number of aryl methyl sites for hydroxylation is 1. The largest absolute Gasteiger partial charge is 0.383 e. The van der Waals surface area contributed by atoms with E-state index >= 15 is 0 Å². The normalized spacial score (nSPS) is 12.1. The molecular weight excluding hydrogens is 418 g/mol. The number of sulfonamides is 1. The summed E-state index contributed by atoms with van der Waals surface area (Å²) < 4.78 is 31.2. The molecule has 0 saturated heterocycles. The number of para-hydroxylation sites is 1. The zero-order chi connectivity index (χ0) is 23.0. The van der Waals surface area contributed by atoms with Crippen molar-refractivity contribution in [2.24, 2.45) is 0 Å². The van der Waals surface area contributed by atoms with Crippen LogP contribution in [0.2, 0.25) is 0 Å². The molecule has 0 bridgehead atoms. The summed E-state index contributed by atoms with van der Waals surface area (Å²) in [6.45, 7) is 4.32. The van der Waals surface area contributed by atoms with E-state index in [4.69, 9.17) is 4.74 Å². The molecule has 0 spiro atoms. The number of amides is 2. The first-order valence-corrected chi connectivity index (χ1v) is 11.8. The first kappa shape index (κ1) is 24.4. The van der Waals surface area contributed by atoms with Crippen molar-refractivity contribution in [3.8, 4) is 0 Å². The molecule has 0 radical (unpaired) electrons. The van der Waals surface area contributed by atoms with Gasteiger partial charge < -0.3 is 15.4 Å². The third-order valence-electron chi connectivity index (χ3n) is 4.64. The number of hydrogen-bond donors (Lipinski definition) is 2. The minimum atomic E-state index is -3.74. The van der Waals surface area contributed by atoms with Gasteiger partial charge in [0.1, 0.15) is 6.04 Å². The Morgan fingerprint density at radius 1 is 1.10 bits per heavy atom. The van der Waals surface area contributed by atoms with Crippen molar-refractivity contribution >= 4 is 33.2 Å². The molecule has 0 aliphatic carbocycles. The van der Waals surface area contributed by atoms with Gasteiger partial charge in [0.05, 0.1) is 29.8 Å². The third-order valence-corrected chi connectivity index (χ3v) is 5.82. The molecule has 9 heteroatoms. The van der Waals surface area contributed by atoms with Crippen LogP contribution in [-0.4, -0.2) is 52.8 Å². The summed E-state index contributed by atoms with van der Waals surface area (Å²) in [4.78, 5) is 25.6. The maximum absolute atomic E-state index is 13.1. The molecule has 2 amide bonds. The summed E-state index contributed by atoms with van der Waals surface area (Å²) in [5, 5.41) is 5.44. The smallest absolute Gasteiger partial charge is 0.253 e. The molecule has 2 N–H and O–H groups in total. The Balaban J connectivity index is 2.32. The molecule has 31 heavy (non-hydrogen) atoms. The van der Waals surface area contributed by atoms with Gasteiger partial charge in [-0.25, -0.2) is 8.42 Å². The van der Waals surface area contributed by atoms with Crippen molar-refractivity contribution in [2.75, 3.05) is 36.1 Å². The Morgan fingerprint density at radius 2 is 1.74 bits per heavy atom. The summed E-state index contributed by atoms with van der Waals surface area (Å²) in [6, 6.07) is 12.5. The summed E-state index contributed by atoms with van der Waals surface area (Å²) in [7, 11) is -2.21. The van der Waals surface area contributed by atoms with Crippen LogP contribution in [-0.2, 0) is 19.6 Å². The highest BCUT2D eigenvalue weighted by molar-refractivity contribution is 7.92. The van der Waals surface area contributed by atoms with Gasteiger partial charge in [-0.15, -0.1) is 0 Å². The summed E-state index contributed by atoms with van der Waals surface area (Å²) >= 11 is 0. The van der Waals surface area contributed by atoms with E-state index in [9.17, 15) is 18.0 Å². The third kappa shape index (κ3) is 6.53. The average Bonchev–Trinajstić information content (AvgIpc) is 2.72. The Labute approximate surface area is 183 Å². The number of anilines is 2. The Bertz CT molecular complexity index is 1010. The molecule has 2 aromatic rings. The molecule has 0 aliphatic rings. The van der Waals surface area contributed by atoms with Crippen molar-refractivity contribution in [3.63, 3.8) is 0 Å². The van der Waals surface area contributed by atoms with Crippen LogP contribution in [0.15, 0.2) is 48.5 Å². The van der Waals surface area contributed by atoms with E-state index in [2.05, 4.69) is 10.6 Å². The lowest BCUT2D eigenvalue weighted by Gasteiger charge is -2.30. The van der Waals surface area contributed by atoms with Crippen molar-refractivity contribution < 1.29 is 22.7 Å². The quantitative estimate of drug-likeness (QED) is 0.545. The highest BCUT2D eigenvalue weighted by Crippen LogP contribution is 2.24. The number of carbonyl (C=O) groups excluding carboxylic acids is 2. The molecule has 168 valence electrons. The van der Waals surface area contributed by atoms with Crippen LogP contribution in [0.5, 0.6) is 0 Å². The van der Waals surface area contributed by atoms with Gasteiger partial charge in [-0.3, -0.25) is 13.9 Å². The Hall–Kier alpha value is -2.91. The summed E-state index contributed by atoms with van der Waals surface area (Å²) in [5.41, 5.74) is 1.96. The van der Waals surface area contributed by atoms with Gasteiger partial charge >= 0.3 is 0 Å².